The molecule has 4 aromatic rings. The van der Waals surface area contributed by atoms with Crippen molar-refractivity contribution in [3.8, 4) is 11.3 Å². The van der Waals surface area contributed by atoms with Crippen molar-refractivity contribution in [3.63, 3.8) is 0 Å². The van der Waals surface area contributed by atoms with Gasteiger partial charge < -0.3 is 15.3 Å². The van der Waals surface area contributed by atoms with Crippen molar-refractivity contribution < 1.29 is 14.7 Å². The molecule has 1 aromatic heterocycles. The minimum Gasteiger partial charge on any atom is -0.481 e. The van der Waals surface area contributed by atoms with E-state index in [0.29, 0.717) is 12.1 Å². The Bertz CT molecular complexity index is 1260. The number of hydrogen-bond acceptors (Lipinski definition) is 5. The Labute approximate surface area is 203 Å². The summed E-state index contributed by atoms with van der Waals surface area (Å²) >= 11 is 1.59. The molecule has 0 aliphatic heterocycles. The number of carboxylic acid groups (broad SMARTS) is 1. The van der Waals surface area contributed by atoms with Crippen molar-refractivity contribution in [1.82, 2.24) is 10.3 Å². The maximum absolute atomic E-state index is 12.2. The molecule has 1 heterocycles. The molecule has 0 fully saturated rings. The molecule has 170 valence electrons. The minimum atomic E-state index is -0.940. The Hall–Kier alpha value is -3.91. The standard InChI is InChI=1S/C26H24BN3O3S/c27-21-10-12-22(13-11-21)30(26-29-23(17-34-26)19-4-2-1-3-5-19)16-18-6-8-20(9-7-18)25(33)28-15-14-24(31)32/h1-13,17H,14-16,27H2,(H,28,33)(H,31,32). The number of carbonyl (C=O) groups excluding carboxylic acids is 1. The average Bonchev–Trinajstić information content (AvgIpc) is 3.34. The average molecular weight is 469 g/mol. The fraction of sp³-hybridized carbons (Fsp3) is 0.115. The number of amides is 1. The topological polar surface area (TPSA) is 82.5 Å². The van der Waals surface area contributed by atoms with Crippen molar-refractivity contribution >= 4 is 47.3 Å². The predicted molar refractivity (Wildman–Crippen MR) is 139 cm³/mol. The van der Waals surface area contributed by atoms with Gasteiger partial charge in [0.05, 0.1) is 18.7 Å². The van der Waals surface area contributed by atoms with Crippen LogP contribution in [0.5, 0.6) is 0 Å². The van der Waals surface area contributed by atoms with Crippen molar-refractivity contribution in [3.05, 3.63) is 95.4 Å². The molecule has 6 nitrogen and oxygen atoms in total. The summed E-state index contributed by atoms with van der Waals surface area (Å²) in [5, 5.41) is 14.3. The van der Waals surface area contributed by atoms with Gasteiger partial charge in [-0.05, 0) is 29.8 Å². The smallest absolute Gasteiger partial charge is 0.305 e. The second-order valence-electron chi connectivity index (χ2n) is 7.90. The normalized spacial score (nSPS) is 10.6. The van der Waals surface area contributed by atoms with Gasteiger partial charge in [0.2, 0.25) is 0 Å². The van der Waals surface area contributed by atoms with Gasteiger partial charge in [-0.3, -0.25) is 9.59 Å². The number of aromatic nitrogens is 1. The molecule has 1 amide bonds. The lowest BCUT2D eigenvalue weighted by atomic mass is 9.96. The summed E-state index contributed by atoms with van der Waals surface area (Å²) in [5.41, 5.74) is 5.76. The highest BCUT2D eigenvalue weighted by molar-refractivity contribution is 7.14. The molecule has 2 N–H and O–H groups in total. The third kappa shape index (κ3) is 5.91. The Kier molecular flexibility index (Phi) is 7.39. The van der Waals surface area contributed by atoms with Crippen LogP contribution in [0.4, 0.5) is 10.8 Å². The van der Waals surface area contributed by atoms with Crippen LogP contribution in [-0.2, 0) is 11.3 Å². The molecule has 0 radical (unpaired) electrons. The maximum atomic E-state index is 12.2. The first-order chi connectivity index (χ1) is 16.5. The van der Waals surface area contributed by atoms with Gasteiger partial charge in [0.15, 0.2) is 5.13 Å². The number of nitrogens with zero attached hydrogens (tertiary/aromatic N) is 2. The van der Waals surface area contributed by atoms with Crippen molar-refractivity contribution in [2.45, 2.75) is 13.0 Å². The van der Waals surface area contributed by atoms with Crippen LogP contribution in [-0.4, -0.2) is 36.4 Å². The fourth-order valence-corrected chi connectivity index (χ4v) is 4.31. The van der Waals surface area contributed by atoms with Crippen molar-refractivity contribution in [2.24, 2.45) is 0 Å². The molecule has 0 atom stereocenters. The zero-order valence-corrected chi connectivity index (χ0v) is 19.6. The summed E-state index contributed by atoms with van der Waals surface area (Å²) in [6.07, 6.45) is -0.103. The van der Waals surface area contributed by atoms with Crippen LogP contribution in [0.2, 0.25) is 0 Å². The van der Waals surface area contributed by atoms with E-state index in [1.807, 2.05) is 30.3 Å². The van der Waals surface area contributed by atoms with Crippen LogP contribution in [0.3, 0.4) is 0 Å². The molecule has 34 heavy (non-hydrogen) atoms. The number of carboxylic acids is 1. The highest BCUT2D eigenvalue weighted by Gasteiger charge is 2.16. The number of aliphatic carboxylic acids is 1. The van der Waals surface area contributed by atoms with E-state index in [-0.39, 0.29) is 18.9 Å². The van der Waals surface area contributed by atoms with E-state index < -0.39 is 5.97 Å². The molecular formula is C26H24BN3O3S. The van der Waals surface area contributed by atoms with Crippen LogP contribution in [0.25, 0.3) is 11.3 Å². The summed E-state index contributed by atoms with van der Waals surface area (Å²) in [4.78, 5) is 30.0. The summed E-state index contributed by atoms with van der Waals surface area (Å²) < 4.78 is 0. The Morgan fingerprint density at radius 1 is 0.971 bits per heavy atom. The summed E-state index contributed by atoms with van der Waals surface area (Å²) in [6, 6.07) is 25.8. The quantitative estimate of drug-likeness (QED) is 0.366. The Morgan fingerprint density at radius 2 is 1.68 bits per heavy atom. The lowest BCUT2D eigenvalue weighted by Gasteiger charge is -2.22. The zero-order valence-electron chi connectivity index (χ0n) is 18.8. The number of rotatable bonds is 9. The van der Waals surface area contributed by atoms with Crippen LogP contribution in [0.15, 0.2) is 84.2 Å². The van der Waals surface area contributed by atoms with Crippen LogP contribution >= 0.6 is 11.3 Å². The molecule has 0 saturated heterocycles. The van der Waals surface area contributed by atoms with Gasteiger partial charge >= 0.3 is 5.97 Å². The molecule has 0 spiro atoms. The first-order valence-corrected chi connectivity index (χ1v) is 11.8. The zero-order chi connectivity index (χ0) is 23.9. The second kappa shape index (κ2) is 10.8. The van der Waals surface area contributed by atoms with E-state index in [1.165, 1.54) is 5.46 Å². The maximum Gasteiger partial charge on any atom is 0.305 e. The van der Waals surface area contributed by atoms with E-state index in [9.17, 15) is 9.59 Å². The van der Waals surface area contributed by atoms with Gasteiger partial charge in [0.25, 0.3) is 5.91 Å². The number of anilines is 2. The molecule has 0 aliphatic carbocycles. The molecule has 8 heteroatoms. The van der Waals surface area contributed by atoms with Gasteiger partial charge in [-0.25, -0.2) is 4.98 Å². The molecule has 0 saturated carbocycles. The van der Waals surface area contributed by atoms with E-state index in [0.717, 1.165) is 27.6 Å². The highest BCUT2D eigenvalue weighted by Crippen LogP contribution is 2.33. The minimum absolute atomic E-state index is 0.102. The predicted octanol–water partition coefficient (Wildman–Crippen LogP) is 3.61. The lowest BCUT2D eigenvalue weighted by Crippen LogP contribution is -2.26. The molecule has 3 aromatic carbocycles. The molecular weight excluding hydrogens is 445 g/mol. The van der Waals surface area contributed by atoms with E-state index in [1.54, 1.807) is 23.5 Å². The number of benzene rings is 3. The third-order valence-electron chi connectivity index (χ3n) is 5.32. The molecule has 0 unspecified atom stereocenters. The Balaban J connectivity index is 1.55. The Morgan fingerprint density at radius 3 is 2.35 bits per heavy atom. The van der Waals surface area contributed by atoms with Gasteiger partial charge in [-0.15, -0.1) is 11.3 Å². The fourth-order valence-electron chi connectivity index (χ4n) is 3.45. The highest BCUT2D eigenvalue weighted by atomic mass is 32.1. The van der Waals surface area contributed by atoms with E-state index in [2.05, 4.69) is 59.8 Å². The second-order valence-corrected chi connectivity index (χ2v) is 8.74. The number of carbonyl (C=O) groups is 2. The van der Waals surface area contributed by atoms with Crippen LogP contribution in [0.1, 0.15) is 22.3 Å². The third-order valence-corrected chi connectivity index (χ3v) is 6.18. The largest absolute Gasteiger partial charge is 0.481 e. The van der Waals surface area contributed by atoms with Crippen molar-refractivity contribution in [1.29, 1.82) is 0 Å². The monoisotopic (exact) mass is 469 g/mol. The molecule has 4 rings (SSSR count). The van der Waals surface area contributed by atoms with E-state index in [4.69, 9.17) is 10.1 Å². The van der Waals surface area contributed by atoms with E-state index >= 15 is 0 Å². The van der Waals surface area contributed by atoms with Gasteiger partial charge in [0.1, 0.15) is 7.85 Å². The van der Waals surface area contributed by atoms with Gasteiger partial charge in [-0.1, -0.05) is 60.1 Å². The summed E-state index contributed by atoms with van der Waals surface area (Å²) in [7, 11) is 2.06. The molecule has 0 bridgehead atoms. The van der Waals surface area contributed by atoms with Crippen LogP contribution in [0, 0.1) is 0 Å². The summed E-state index contributed by atoms with van der Waals surface area (Å²) in [5.74, 6) is -1.22. The first-order valence-electron chi connectivity index (χ1n) is 10.9. The summed E-state index contributed by atoms with van der Waals surface area (Å²) in [6.45, 7) is 0.691. The number of nitrogens with one attached hydrogen (secondary N) is 1. The number of hydrogen-bond donors (Lipinski definition) is 2. The van der Waals surface area contributed by atoms with Crippen LogP contribution < -0.4 is 15.7 Å². The van der Waals surface area contributed by atoms with Gasteiger partial charge in [-0.2, -0.15) is 0 Å². The first kappa shape index (κ1) is 23.3. The SMILES string of the molecule is Bc1ccc(N(Cc2ccc(C(=O)NCCC(=O)O)cc2)c2nc(-c3ccccc3)cs2)cc1. The lowest BCUT2D eigenvalue weighted by molar-refractivity contribution is -0.136. The van der Waals surface area contributed by atoms with Gasteiger partial charge in [0, 0.05) is 28.7 Å². The van der Waals surface area contributed by atoms with Crippen molar-refractivity contribution in [2.75, 3.05) is 11.4 Å². The number of thiazole rings is 1. The molecule has 0 aliphatic rings.